The summed E-state index contributed by atoms with van der Waals surface area (Å²) >= 11 is 0. The average Bonchev–Trinajstić information content (AvgIpc) is 3.42. The van der Waals surface area contributed by atoms with Gasteiger partial charge in [-0.3, -0.25) is 0 Å². The van der Waals surface area contributed by atoms with Gasteiger partial charge in [0.25, 0.3) is 0 Å². The van der Waals surface area contributed by atoms with Gasteiger partial charge in [0.05, 0.1) is 22.6 Å². The molecule has 0 radical (unpaired) electrons. The molecule has 0 saturated heterocycles. The number of benzene rings is 6. The van der Waals surface area contributed by atoms with Crippen LogP contribution in [0.3, 0.4) is 0 Å². The van der Waals surface area contributed by atoms with E-state index in [0.29, 0.717) is 0 Å². The van der Waals surface area contributed by atoms with E-state index in [0.717, 1.165) is 11.4 Å². The molecule has 2 aliphatic rings. The number of allylic oxidation sites excluding steroid dienone is 2. The lowest BCUT2D eigenvalue weighted by Crippen LogP contribution is -2.40. The van der Waals surface area contributed by atoms with Crippen LogP contribution in [-0.4, -0.2) is 10.7 Å². The molecule has 3 heterocycles. The number of nitrogens with zero attached hydrogens (tertiary/aromatic N) is 2. The molecule has 1 atom stereocenters. The number of nitrogens with one attached hydrogen (secondary N) is 1. The molecule has 9 rings (SSSR count). The molecular weight excluding hydrogens is 558 g/mol. The van der Waals surface area contributed by atoms with Gasteiger partial charge >= 0.3 is 0 Å². The standard InChI is InChI=1S/C43H31N3/c1-3-15-30(16-4-1)32-27-33(31-17-5-2-6-18-31)29-34(28-32)45-38-22-10-7-19-35(38)42-36-20-8-11-23-39(36)46(41-25-13-14-26-44-41)40-24-12-9-21-37(40)43(42)45/h1-29,41,44H. The third kappa shape index (κ3) is 4.21. The fraction of sp³-hybridized carbons (Fsp3) is 0.0233. The Morgan fingerprint density at radius 3 is 1.76 bits per heavy atom. The summed E-state index contributed by atoms with van der Waals surface area (Å²) in [5, 5.41) is 4.84. The highest BCUT2D eigenvalue weighted by atomic mass is 15.3. The third-order valence-electron chi connectivity index (χ3n) is 9.16. The molecule has 2 aliphatic heterocycles. The van der Waals surface area contributed by atoms with Crippen molar-refractivity contribution < 1.29 is 0 Å². The van der Waals surface area contributed by atoms with Crippen LogP contribution in [0.15, 0.2) is 176 Å². The normalized spacial score (nSPS) is 14.7. The number of dihydropyridines is 1. The summed E-state index contributed by atoms with van der Waals surface area (Å²) in [4.78, 5) is 2.44. The summed E-state index contributed by atoms with van der Waals surface area (Å²) in [6.45, 7) is 0. The highest BCUT2D eigenvalue weighted by Crippen LogP contribution is 2.53. The molecule has 0 spiro atoms. The summed E-state index contributed by atoms with van der Waals surface area (Å²) in [6, 6.07) is 55.0. The minimum Gasteiger partial charge on any atom is -0.368 e. The second-order valence-electron chi connectivity index (χ2n) is 11.8. The van der Waals surface area contributed by atoms with Gasteiger partial charge in [-0.15, -0.1) is 0 Å². The van der Waals surface area contributed by atoms with Crippen LogP contribution in [0, 0.1) is 0 Å². The van der Waals surface area contributed by atoms with E-state index < -0.39 is 0 Å². The number of hydrogen-bond acceptors (Lipinski definition) is 2. The Balaban J connectivity index is 1.40. The van der Waals surface area contributed by atoms with Crippen molar-refractivity contribution >= 4 is 22.3 Å². The Labute approximate surface area is 269 Å². The Morgan fingerprint density at radius 1 is 0.500 bits per heavy atom. The minimum atomic E-state index is -0.0258. The summed E-state index contributed by atoms with van der Waals surface area (Å²) < 4.78 is 2.49. The van der Waals surface area contributed by atoms with E-state index in [2.05, 4.69) is 179 Å². The predicted octanol–water partition coefficient (Wildman–Crippen LogP) is 10.7. The van der Waals surface area contributed by atoms with Crippen LogP contribution in [0.1, 0.15) is 0 Å². The van der Waals surface area contributed by atoms with Crippen LogP contribution in [0.2, 0.25) is 0 Å². The van der Waals surface area contributed by atoms with Crippen molar-refractivity contribution in [2.24, 2.45) is 0 Å². The molecule has 6 aromatic carbocycles. The highest BCUT2D eigenvalue weighted by Gasteiger charge is 2.33. The average molecular weight is 590 g/mol. The van der Waals surface area contributed by atoms with Crippen molar-refractivity contribution in [1.29, 1.82) is 0 Å². The molecule has 7 aromatic rings. The van der Waals surface area contributed by atoms with Crippen LogP contribution < -0.4 is 10.2 Å². The first-order valence-electron chi connectivity index (χ1n) is 15.8. The van der Waals surface area contributed by atoms with E-state index >= 15 is 0 Å². The molecule has 3 heteroatoms. The Bertz CT molecular complexity index is 2240. The lowest BCUT2D eigenvalue weighted by Gasteiger charge is -2.34. The van der Waals surface area contributed by atoms with E-state index in [1.807, 2.05) is 12.3 Å². The second-order valence-corrected chi connectivity index (χ2v) is 11.8. The van der Waals surface area contributed by atoms with Gasteiger partial charge in [0, 0.05) is 27.8 Å². The molecule has 0 bridgehead atoms. The summed E-state index contributed by atoms with van der Waals surface area (Å²) in [5.41, 5.74) is 14.3. The van der Waals surface area contributed by atoms with Crippen LogP contribution in [0.25, 0.3) is 61.2 Å². The molecule has 0 saturated carbocycles. The first-order chi connectivity index (χ1) is 22.8. The Hall–Kier alpha value is -6.06. The summed E-state index contributed by atoms with van der Waals surface area (Å²) in [6.07, 6.45) is 8.41. The topological polar surface area (TPSA) is 20.2 Å². The molecule has 0 fully saturated rings. The maximum atomic E-state index is 3.60. The van der Waals surface area contributed by atoms with Crippen molar-refractivity contribution in [3.05, 3.63) is 176 Å². The second kappa shape index (κ2) is 10.8. The number of fused-ring (bicyclic) bond motifs is 7. The quantitative estimate of drug-likeness (QED) is 0.220. The number of para-hydroxylation sites is 3. The first kappa shape index (κ1) is 26.4. The van der Waals surface area contributed by atoms with E-state index in [-0.39, 0.29) is 6.17 Å². The SMILES string of the molecule is C1=CNC(N2c3ccccc3-c3c(n(-c4cc(-c5ccccc5)cc(-c5ccccc5)c4)c4ccccc34)-c3ccccc32)C=C1. The van der Waals surface area contributed by atoms with Gasteiger partial charge in [0.1, 0.15) is 6.17 Å². The lowest BCUT2D eigenvalue weighted by atomic mass is 9.97. The minimum absolute atomic E-state index is 0.0258. The van der Waals surface area contributed by atoms with Crippen LogP contribution in [-0.2, 0) is 0 Å². The largest absolute Gasteiger partial charge is 0.368 e. The predicted molar refractivity (Wildman–Crippen MR) is 192 cm³/mol. The van der Waals surface area contributed by atoms with Gasteiger partial charge in [-0.2, -0.15) is 0 Å². The molecule has 0 amide bonds. The van der Waals surface area contributed by atoms with Crippen molar-refractivity contribution in [1.82, 2.24) is 9.88 Å². The zero-order chi connectivity index (χ0) is 30.5. The van der Waals surface area contributed by atoms with Crippen molar-refractivity contribution in [2.75, 3.05) is 4.90 Å². The van der Waals surface area contributed by atoms with Crippen LogP contribution in [0.4, 0.5) is 11.4 Å². The number of aromatic nitrogens is 1. The molecule has 46 heavy (non-hydrogen) atoms. The van der Waals surface area contributed by atoms with Crippen molar-refractivity contribution in [3.63, 3.8) is 0 Å². The molecule has 1 N–H and O–H groups in total. The van der Waals surface area contributed by atoms with Gasteiger partial charge in [-0.1, -0.05) is 121 Å². The maximum absolute atomic E-state index is 3.60. The van der Waals surface area contributed by atoms with Gasteiger partial charge < -0.3 is 14.8 Å². The lowest BCUT2D eigenvalue weighted by molar-refractivity contribution is 0.702. The number of rotatable bonds is 4. The van der Waals surface area contributed by atoms with Crippen LogP contribution >= 0.6 is 0 Å². The van der Waals surface area contributed by atoms with Gasteiger partial charge in [0.2, 0.25) is 0 Å². The molecule has 218 valence electrons. The molecule has 1 aromatic heterocycles. The fourth-order valence-corrected chi connectivity index (χ4v) is 7.17. The van der Waals surface area contributed by atoms with E-state index in [4.69, 9.17) is 0 Å². The van der Waals surface area contributed by atoms with Gasteiger partial charge in [0.15, 0.2) is 0 Å². The molecule has 1 unspecified atom stereocenters. The molecule has 0 aliphatic carbocycles. The zero-order valence-electron chi connectivity index (χ0n) is 25.2. The number of anilines is 2. The van der Waals surface area contributed by atoms with Crippen molar-refractivity contribution in [3.8, 4) is 50.3 Å². The van der Waals surface area contributed by atoms with Crippen LogP contribution in [0.5, 0.6) is 0 Å². The van der Waals surface area contributed by atoms with Gasteiger partial charge in [-0.25, -0.2) is 0 Å². The number of hydrogen-bond donors (Lipinski definition) is 1. The molecule has 3 nitrogen and oxygen atoms in total. The highest BCUT2D eigenvalue weighted by molar-refractivity contribution is 6.12. The monoisotopic (exact) mass is 589 g/mol. The molecular formula is C43H31N3. The van der Waals surface area contributed by atoms with E-state index in [9.17, 15) is 0 Å². The zero-order valence-corrected chi connectivity index (χ0v) is 25.2. The summed E-state index contributed by atoms with van der Waals surface area (Å²) in [5.74, 6) is 0. The van der Waals surface area contributed by atoms with Crippen molar-refractivity contribution in [2.45, 2.75) is 6.17 Å². The smallest absolute Gasteiger partial charge is 0.123 e. The van der Waals surface area contributed by atoms with E-state index in [1.54, 1.807) is 0 Å². The fourth-order valence-electron chi connectivity index (χ4n) is 7.17. The van der Waals surface area contributed by atoms with Gasteiger partial charge in [-0.05, 0) is 77.0 Å². The third-order valence-corrected chi connectivity index (χ3v) is 9.16. The van der Waals surface area contributed by atoms with E-state index in [1.165, 1.54) is 61.2 Å². The maximum Gasteiger partial charge on any atom is 0.123 e. The first-order valence-corrected chi connectivity index (χ1v) is 15.8. The summed E-state index contributed by atoms with van der Waals surface area (Å²) in [7, 11) is 0. The Morgan fingerprint density at radius 2 is 1.09 bits per heavy atom. The Kier molecular flexibility index (Phi) is 6.20.